The van der Waals surface area contributed by atoms with Gasteiger partial charge in [-0.15, -0.1) is 5.10 Å². The summed E-state index contributed by atoms with van der Waals surface area (Å²) >= 11 is 5.62. The summed E-state index contributed by atoms with van der Waals surface area (Å²) in [5, 5.41) is 17.6. The predicted octanol–water partition coefficient (Wildman–Crippen LogP) is 6.75. The number of anilines is 1. The maximum absolute atomic E-state index is 13.7. The number of aromatic nitrogens is 3. The van der Waals surface area contributed by atoms with Crippen molar-refractivity contribution in [1.82, 2.24) is 19.9 Å². The minimum Gasteiger partial charge on any atom is -0.463 e. The molecule has 286 valence electrons. The standard InChI is InChI=1S/C39H43F3N6O5S/c1-37(2)35(50)48(32-8-5-29(21-43)33(16-32)39(40,41)42)36(54)46(37)22-25-3-6-31(7-4-25)47-23-30(44-45-47)24-52-10-9-51-11-12-53-34(49)20-38-17-26-13-27(18-38)15-28(14-26)19-38/h3-8,16,23,26-28H,9-15,17-20,22,24H2,1-2H3. The van der Waals surface area contributed by atoms with Gasteiger partial charge in [-0.2, -0.15) is 18.4 Å². The Bertz CT molecular complexity index is 1910. The zero-order valence-electron chi connectivity index (χ0n) is 30.3. The number of alkyl halides is 3. The molecule has 5 fully saturated rings. The summed E-state index contributed by atoms with van der Waals surface area (Å²) in [5.41, 5.74) is -0.531. The number of esters is 1. The van der Waals surface area contributed by atoms with Crippen LogP contribution in [0.15, 0.2) is 48.7 Å². The van der Waals surface area contributed by atoms with E-state index >= 15 is 0 Å². The van der Waals surface area contributed by atoms with Crippen LogP contribution in [0.3, 0.4) is 0 Å². The first-order valence-electron chi connectivity index (χ1n) is 18.3. The molecular weight excluding hydrogens is 722 g/mol. The number of nitrogens with zero attached hydrogens (tertiary/aromatic N) is 6. The molecule has 3 aromatic rings. The monoisotopic (exact) mass is 764 g/mol. The summed E-state index contributed by atoms with van der Waals surface area (Å²) in [7, 11) is 0. The Labute approximate surface area is 317 Å². The molecule has 0 atom stereocenters. The summed E-state index contributed by atoms with van der Waals surface area (Å²) in [4.78, 5) is 28.8. The lowest BCUT2D eigenvalue weighted by Crippen LogP contribution is -2.47. The van der Waals surface area contributed by atoms with Gasteiger partial charge in [0.05, 0.1) is 67.6 Å². The number of amides is 1. The highest BCUT2D eigenvalue weighted by Crippen LogP contribution is 2.61. The highest BCUT2D eigenvalue weighted by atomic mass is 32.1. The fraction of sp³-hybridized carbons (Fsp3) is 0.538. The topological polar surface area (TPSA) is 123 Å². The number of nitriles is 1. The first kappa shape index (κ1) is 37.9. The lowest BCUT2D eigenvalue weighted by molar-refractivity contribution is -0.153. The molecule has 0 radical (unpaired) electrons. The molecule has 1 aromatic heterocycles. The Kier molecular flexibility index (Phi) is 10.6. The Balaban J connectivity index is 0.841. The quantitative estimate of drug-likeness (QED) is 0.0990. The van der Waals surface area contributed by atoms with E-state index in [0.717, 1.165) is 46.0 Å². The summed E-state index contributed by atoms with van der Waals surface area (Å²) in [6.45, 7) is 5.03. The molecule has 1 amide bonds. The molecule has 54 heavy (non-hydrogen) atoms. The summed E-state index contributed by atoms with van der Waals surface area (Å²) in [5.74, 6) is 1.84. The molecule has 2 aromatic carbocycles. The van der Waals surface area contributed by atoms with Crippen LogP contribution in [0, 0.1) is 34.5 Å². The highest BCUT2D eigenvalue weighted by molar-refractivity contribution is 7.80. The maximum atomic E-state index is 13.7. The van der Waals surface area contributed by atoms with Crippen LogP contribution >= 0.6 is 12.2 Å². The van der Waals surface area contributed by atoms with Gasteiger partial charge in [-0.3, -0.25) is 14.5 Å². The molecule has 11 nitrogen and oxygen atoms in total. The van der Waals surface area contributed by atoms with E-state index in [0.29, 0.717) is 31.9 Å². The van der Waals surface area contributed by atoms with Gasteiger partial charge in [0.25, 0.3) is 5.91 Å². The lowest BCUT2D eigenvalue weighted by Gasteiger charge is -2.56. The minimum absolute atomic E-state index is 0.0552. The van der Waals surface area contributed by atoms with Crippen LogP contribution in [0.5, 0.6) is 0 Å². The van der Waals surface area contributed by atoms with Crippen LogP contribution in [-0.2, 0) is 43.1 Å². The third-order valence-electron chi connectivity index (χ3n) is 11.4. The number of ether oxygens (including phenoxy) is 3. The van der Waals surface area contributed by atoms with Crippen LogP contribution in [0.1, 0.15) is 81.2 Å². The smallest absolute Gasteiger partial charge is 0.417 e. The molecule has 8 rings (SSSR count). The van der Waals surface area contributed by atoms with E-state index < -0.39 is 28.7 Å². The normalized spacial score (nSPS) is 24.3. The summed E-state index contributed by atoms with van der Waals surface area (Å²) in [6.07, 6.45) is 5.14. The molecule has 2 heterocycles. The zero-order valence-corrected chi connectivity index (χ0v) is 31.1. The number of hydrogen-bond acceptors (Lipinski definition) is 9. The van der Waals surface area contributed by atoms with E-state index in [4.69, 9.17) is 31.7 Å². The molecule has 1 saturated heterocycles. The number of thiocarbonyl (C=S) groups is 1. The molecule has 0 spiro atoms. The average Bonchev–Trinajstić information content (AvgIpc) is 3.65. The largest absolute Gasteiger partial charge is 0.463 e. The van der Waals surface area contributed by atoms with E-state index in [-0.39, 0.29) is 41.9 Å². The van der Waals surface area contributed by atoms with Crippen LogP contribution < -0.4 is 4.90 Å². The van der Waals surface area contributed by atoms with Crippen LogP contribution in [0.4, 0.5) is 18.9 Å². The Morgan fingerprint density at radius 1 is 0.963 bits per heavy atom. The Hall–Kier alpha value is -4.39. The molecule has 1 aliphatic heterocycles. The fourth-order valence-electron chi connectivity index (χ4n) is 9.23. The van der Waals surface area contributed by atoms with Crippen LogP contribution in [0.25, 0.3) is 5.69 Å². The van der Waals surface area contributed by atoms with E-state index in [1.807, 2.05) is 24.3 Å². The third-order valence-corrected chi connectivity index (χ3v) is 11.8. The minimum atomic E-state index is -4.78. The van der Waals surface area contributed by atoms with Crippen molar-refractivity contribution >= 4 is 34.9 Å². The van der Waals surface area contributed by atoms with Crippen molar-refractivity contribution in [3.8, 4) is 11.8 Å². The number of carbonyl (C=O) groups excluding carboxylic acids is 2. The van der Waals surface area contributed by atoms with Crippen molar-refractivity contribution in [2.75, 3.05) is 31.3 Å². The van der Waals surface area contributed by atoms with Crippen molar-refractivity contribution in [2.45, 2.75) is 83.7 Å². The van der Waals surface area contributed by atoms with Gasteiger partial charge in [0, 0.05) is 6.54 Å². The van der Waals surface area contributed by atoms with Gasteiger partial charge in [0.2, 0.25) is 0 Å². The molecule has 4 saturated carbocycles. The van der Waals surface area contributed by atoms with E-state index in [9.17, 15) is 22.8 Å². The molecular formula is C39H43F3N6O5S. The third kappa shape index (κ3) is 7.87. The van der Waals surface area contributed by atoms with Crippen molar-refractivity contribution in [3.63, 3.8) is 0 Å². The average molecular weight is 765 g/mol. The maximum Gasteiger partial charge on any atom is 0.417 e. The molecule has 0 unspecified atom stereocenters. The van der Waals surface area contributed by atoms with Gasteiger partial charge in [-0.05, 0) is 124 Å². The van der Waals surface area contributed by atoms with E-state index in [2.05, 4.69) is 10.3 Å². The number of benzene rings is 2. The first-order chi connectivity index (χ1) is 25.7. The van der Waals surface area contributed by atoms with Crippen molar-refractivity contribution < 1.29 is 37.0 Å². The van der Waals surface area contributed by atoms with Crippen molar-refractivity contribution in [1.29, 1.82) is 5.26 Å². The highest BCUT2D eigenvalue weighted by Gasteiger charge is 2.52. The predicted molar refractivity (Wildman–Crippen MR) is 194 cm³/mol. The van der Waals surface area contributed by atoms with Crippen molar-refractivity contribution in [2.24, 2.45) is 23.2 Å². The number of carbonyl (C=O) groups is 2. The van der Waals surface area contributed by atoms with E-state index in [1.165, 1.54) is 44.6 Å². The van der Waals surface area contributed by atoms with Crippen molar-refractivity contribution in [3.05, 3.63) is 71.0 Å². The first-order valence-corrected chi connectivity index (χ1v) is 18.7. The SMILES string of the molecule is CC1(C)C(=O)N(c2ccc(C#N)c(C(F)(F)F)c2)C(=S)N1Cc1ccc(-n2cc(COCCOCCOC(=O)CC34CC5CC(CC(C5)C3)C4)nn2)cc1. The number of rotatable bonds is 14. The lowest BCUT2D eigenvalue weighted by atomic mass is 9.49. The second-order valence-electron chi connectivity index (χ2n) is 15.7. The molecule has 4 aliphatic carbocycles. The van der Waals surface area contributed by atoms with Gasteiger partial charge in [-0.25, -0.2) is 4.68 Å². The van der Waals surface area contributed by atoms with Gasteiger partial charge >= 0.3 is 12.1 Å². The summed E-state index contributed by atoms with van der Waals surface area (Å²) in [6, 6.07) is 12.0. The molecule has 4 bridgehead atoms. The number of halogens is 3. The van der Waals surface area contributed by atoms with E-state index in [1.54, 1.807) is 35.7 Å². The van der Waals surface area contributed by atoms with Gasteiger partial charge < -0.3 is 19.1 Å². The Morgan fingerprint density at radius 3 is 2.24 bits per heavy atom. The fourth-order valence-corrected chi connectivity index (χ4v) is 9.72. The second kappa shape index (κ2) is 15.0. The van der Waals surface area contributed by atoms with Crippen LogP contribution in [-0.4, -0.2) is 68.8 Å². The molecule has 0 N–H and O–H groups in total. The summed E-state index contributed by atoms with van der Waals surface area (Å²) < 4.78 is 59.4. The second-order valence-corrected chi connectivity index (χ2v) is 16.1. The Morgan fingerprint density at radius 2 is 1.59 bits per heavy atom. The molecule has 15 heteroatoms. The molecule has 5 aliphatic rings. The van der Waals surface area contributed by atoms with Gasteiger partial charge in [0.1, 0.15) is 17.8 Å². The van der Waals surface area contributed by atoms with Gasteiger partial charge in [-0.1, -0.05) is 17.3 Å². The zero-order chi connectivity index (χ0) is 38.3. The van der Waals surface area contributed by atoms with Crippen LogP contribution in [0.2, 0.25) is 0 Å². The number of hydrogen-bond donors (Lipinski definition) is 0. The van der Waals surface area contributed by atoms with Gasteiger partial charge in [0.15, 0.2) is 5.11 Å².